The summed E-state index contributed by atoms with van der Waals surface area (Å²) in [7, 11) is 1.67. The fourth-order valence-electron chi connectivity index (χ4n) is 1.67. The van der Waals surface area contributed by atoms with Crippen LogP contribution in [0.1, 0.15) is 18.0 Å². The molecule has 4 nitrogen and oxygen atoms in total. The Morgan fingerprint density at radius 2 is 2.31 bits per heavy atom. The molecule has 0 radical (unpaired) electrons. The average molecular weight is 241 g/mol. The van der Waals surface area contributed by atoms with E-state index in [1.807, 2.05) is 12.1 Å². The van der Waals surface area contributed by atoms with Gasteiger partial charge < -0.3 is 10.2 Å². The second-order valence-corrected chi connectivity index (χ2v) is 4.12. The van der Waals surface area contributed by atoms with Gasteiger partial charge in [0, 0.05) is 19.0 Å². The van der Waals surface area contributed by atoms with Crippen LogP contribution in [0.15, 0.2) is 27.4 Å². The van der Waals surface area contributed by atoms with Crippen molar-refractivity contribution in [3.63, 3.8) is 0 Å². The molecule has 0 spiro atoms. The third-order valence-corrected chi connectivity index (χ3v) is 2.88. The fraction of sp³-hybridized carbons (Fsp3) is 0.364. The van der Waals surface area contributed by atoms with E-state index in [1.165, 1.54) is 4.57 Å². The molecule has 0 bridgehead atoms. The summed E-state index contributed by atoms with van der Waals surface area (Å²) in [6, 6.07) is 5.42. The predicted molar refractivity (Wildman–Crippen MR) is 63.7 cm³/mol. The minimum Gasteiger partial charge on any atom is -0.408 e. The van der Waals surface area contributed by atoms with E-state index >= 15 is 0 Å². The third kappa shape index (κ3) is 1.86. The summed E-state index contributed by atoms with van der Waals surface area (Å²) in [5, 5.41) is 0. The van der Waals surface area contributed by atoms with E-state index in [4.69, 9.17) is 21.8 Å². The molecule has 1 atom stereocenters. The molecule has 86 valence electrons. The van der Waals surface area contributed by atoms with Crippen LogP contribution in [-0.2, 0) is 7.05 Å². The van der Waals surface area contributed by atoms with Crippen molar-refractivity contribution in [2.75, 3.05) is 5.88 Å². The minimum atomic E-state index is -0.363. The van der Waals surface area contributed by atoms with Crippen molar-refractivity contribution in [1.82, 2.24) is 4.57 Å². The Bertz CT molecular complexity index is 559. The van der Waals surface area contributed by atoms with Crippen LogP contribution in [0.2, 0.25) is 0 Å². The molecule has 0 saturated carbocycles. The van der Waals surface area contributed by atoms with Gasteiger partial charge in [0.1, 0.15) is 0 Å². The van der Waals surface area contributed by atoms with Crippen molar-refractivity contribution in [1.29, 1.82) is 0 Å². The van der Waals surface area contributed by atoms with Gasteiger partial charge in [-0.3, -0.25) is 4.57 Å². The van der Waals surface area contributed by atoms with Crippen molar-refractivity contribution >= 4 is 22.7 Å². The molecule has 0 aliphatic carbocycles. The first-order valence-electron chi connectivity index (χ1n) is 5.04. The van der Waals surface area contributed by atoms with Gasteiger partial charge in [-0.2, -0.15) is 0 Å². The second kappa shape index (κ2) is 4.31. The monoisotopic (exact) mass is 240 g/mol. The summed E-state index contributed by atoms with van der Waals surface area (Å²) < 4.78 is 6.55. The van der Waals surface area contributed by atoms with Crippen LogP contribution in [0.25, 0.3) is 11.1 Å². The van der Waals surface area contributed by atoms with Crippen molar-refractivity contribution in [3.05, 3.63) is 34.3 Å². The third-order valence-electron chi connectivity index (χ3n) is 2.66. The Hall–Kier alpha value is -1.26. The molecular weight excluding hydrogens is 228 g/mol. The topological polar surface area (TPSA) is 61.2 Å². The number of benzene rings is 1. The van der Waals surface area contributed by atoms with Gasteiger partial charge in [0.05, 0.1) is 5.52 Å². The molecule has 1 aromatic carbocycles. The van der Waals surface area contributed by atoms with E-state index in [9.17, 15) is 4.79 Å². The number of aryl methyl sites for hydroxylation is 1. The van der Waals surface area contributed by atoms with Gasteiger partial charge in [0.15, 0.2) is 5.58 Å². The summed E-state index contributed by atoms with van der Waals surface area (Å²) in [6.45, 7) is 0. The zero-order valence-corrected chi connectivity index (χ0v) is 9.70. The number of alkyl halides is 1. The molecule has 5 heteroatoms. The Labute approximate surface area is 97.6 Å². The summed E-state index contributed by atoms with van der Waals surface area (Å²) in [6.07, 6.45) is 0.699. The Kier molecular flexibility index (Phi) is 3.03. The number of rotatable bonds is 3. The zero-order valence-electron chi connectivity index (χ0n) is 8.94. The Morgan fingerprint density at radius 3 is 3.00 bits per heavy atom. The molecule has 2 N–H and O–H groups in total. The Morgan fingerprint density at radius 1 is 1.56 bits per heavy atom. The van der Waals surface area contributed by atoms with Gasteiger partial charge in [-0.15, -0.1) is 11.6 Å². The van der Waals surface area contributed by atoms with Gasteiger partial charge in [0.25, 0.3) is 0 Å². The highest BCUT2D eigenvalue weighted by Crippen LogP contribution is 2.20. The van der Waals surface area contributed by atoms with Crippen LogP contribution in [0, 0.1) is 0 Å². The molecule has 0 fully saturated rings. The van der Waals surface area contributed by atoms with Gasteiger partial charge in [-0.1, -0.05) is 6.07 Å². The molecule has 2 rings (SSSR count). The van der Waals surface area contributed by atoms with Gasteiger partial charge in [0.2, 0.25) is 0 Å². The number of aromatic nitrogens is 1. The summed E-state index contributed by atoms with van der Waals surface area (Å²) >= 11 is 5.64. The number of nitrogens with two attached hydrogens (primary N) is 1. The van der Waals surface area contributed by atoms with Crippen LogP contribution >= 0.6 is 11.6 Å². The lowest BCUT2D eigenvalue weighted by atomic mass is 10.1. The highest BCUT2D eigenvalue weighted by Gasteiger charge is 2.10. The molecule has 1 aromatic heterocycles. The van der Waals surface area contributed by atoms with Crippen LogP contribution in [0.3, 0.4) is 0 Å². The van der Waals surface area contributed by atoms with E-state index in [1.54, 1.807) is 13.1 Å². The van der Waals surface area contributed by atoms with E-state index in [2.05, 4.69) is 0 Å². The first-order chi connectivity index (χ1) is 7.63. The Balaban J connectivity index is 2.48. The maximum absolute atomic E-state index is 11.3. The zero-order chi connectivity index (χ0) is 11.7. The molecule has 0 amide bonds. The summed E-state index contributed by atoms with van der Waals surface area (Å²) in [5.74, 6) is 0.149. The number of hydrogen-bond donors (Lipinski definition) is 1. The van der Waals surface area contributed by atoms with Crippen molar-refractivity contribution in [3.8, 4) is 0 Å². The number of halogens is 1. The standard InChI is InChI=1S/C11H13ClN2O2/c1-14-9-3-2-7(8(13)4-5-12)6-10(9)16-11(14)15/h2-3,6,8H,4-5,13H2,1H3. The molecule has 2 aromatic rings. The van der Waals surface area contributed by atoms with E-state index in [0.717, 1.165) is 11.1 Å². The molecule has 16 heavy (non-hydrogen) atoms. The van der Waals surface area contributed by atoms with E-state index in [-0.39, 0.29) is 11.8 Å². The number of oxazole rings is 1. The highest BCUT2D eigenvalue weighted by molar-refractivity contribution is 6.17. The van der Waals surface area contributed by atoms with Crippen LogP contribution in [-0.4, -0.2) is 10.4 Å². The average Bonchev–Trinajstić information content (AvgIpc) is 2.55. The van der Waals surface area contributed by atoms with Crippen molar-refractivity contribution in [2.24, 2.45) is 12.8 Å². The highest BCUT2D eigenvalue weighted by atomic mass is 35.5. The predicted octanol–water partition coefficient (Wildman–Crippen LogP) is 1.76. The minimum absolute atomic E-state index is 0.118. The fourth-order valence-corrected chi connectivity index (χ4v) is 1.90. The van der Waals surface area contributed by atoms with Crippen LogP contribution in [0.5, 0.6) is 0 Å². The lowest BCUT2D eigenvalue weighted by Crippen LogP contribution is -2.10. The van der Waals surface area contributed by atoms with E-state index < -0.39 is 0 Å². The number of fused-ring (bicyclic) bond motifs is 1. The van der Waals surface area contributed by atoms with Gasteiger partial charge in [-0.05, 0) is 24.1 Å². The van der Waals surface area contributed by atoms with Crippen LogP contribution in [0.4, 0.5) is 0 Å². The molecule has 0 aliphatic rings. The number of hydrogen-bond acceptors (Lipinski definition) is 3. The van der Waals surface area contributed by atoms with Gasteiger partial charge in [-0.25, -0.2) is 4.79 Å². The first-order valence-corrected chi connectivity index (χ1v) is 5.58. The smallest absolute Gasteiger partial charge is 0.408 e. The maximum atomic E-state index is 11.3. The summed E-state index contributed by atoms with van der Waals surface area (Å²) in [5.41, 5.74) is 8.20. The SMILES string of the molecule is Cn1c(=O)oc2cc(C(N)CCCl)ccc21. The molecular formula is C11H13ClN2O2. The largest absolute Gasteiger partial charge is 0.419 e. The second-order valence-electron chi connectivity index (χ2n) is 3.74. The summed E-state index contributed by atoms with van der Waals surface area (Å²) in [4.78, 5) is 11.3. The number of nitrogens with zero attached hydrogens (tertiary/aromatic N) is 1. The van der Waals surface area contributed by atoms with Gasteiger partial charge >= 0.3 is 5.76 Å². The quantitative estimate of drug-likeness (QED) is 0.832. The molecule has 0 aliphatic heterocycles. The van der Waals surface area contributed by atoms with Crippen LogP contribution < -0.4 is 11.5 Å². The molecule has 1 heterocycles. The van der Waals surface area contributed by atoms with E-state index in [0.29, 0.717) is 17.9 Å². The lowest BCUT2D eigenvalue weighted by Gasteiger charge is -2.09. The maximum Gasteiger partial charge on any atom is 0.419 e. The van der Waals surface area contributed by atoms with Crippen molar-refractivity contribution < 1.29 is 4.42 Å². The molecule has 0 saturated heterocycles. The lowest BCUT2D eigenvalue weighted by molar-refractivity contribution is 0.527. The normalized spacial score (nSPS) is 13.2. The molecule has 1 unspecified atom stereocenters. The van der Waals surface area contributed by atoms with Crippen molar-refractivity contribution in [2.45, 2.75) is 12.5 Å². The first kappa shape index (κ1) is 11.2.